The molecule has 5 atom stereocenters. The SMILES string of the molecule is CNC(CCC1CC1)C1C2C3CCC(C3)C21. The zero-order chi connectivity index (χ0) is 10.7. The Kier molecular flexibility index (Phi) is 2.16. The van der Waals surface area contributed by atoms with E-state index in [1.54, 1.807) is 19.3 Å². The van der Waals surface area contributed by atoms with Crippen LogP contribution in [0.1, 0.15) is 44.9 Å². The standard InChI is InChI=1S/C15H25N/c1-16-12(7-4-9-2-3-9)15-13-10-5-6-11(8-10)14(13)15/h9-16H,2-8H2,1H3. The summed E-state index contributed by atoms with van der Waals surface area (Å²) in [6, 6.07) is 0.874. The van der Waals surface area contributed by atoms with Crippen LogP contribution in [0.2, 0.25) is 0 Å². The molecule has 2 bridgehead atoms. The predicted octanol–water partition coefficient (Wildman–Crippen LogP) is 3.06. The molecule has 0 aliphatic heterocycles. The van der Waals surface area contributed by atoms with Gasteiger partial charge in [-0.3, -0.25) is 0 Å². The Morgan fingerprint density at radius 3 is 2.31 bits per heavy atom. The molecule has 4 aliphatic rings. The van der Waals surface area contributed by atoms with Gasteiger partial charge in [0.05, 0.1) is 0 Å². The van der Waals surface area contributed by atoms with Crippen LogP contribution >= 0.6 is 0 Å². The molecule has 0 amide bonds. The van der Waals surface area contributed by atoms with Crippen molar-refractivity contribution in [3.8, 4) is 0 Å². The molecule has 4 fully saturated rings. The van der Waals surface area contributed by atoms with Crippen LogP contribution in [-0.2, 0) is 0 Å². The first-order valence-electron chi connectivity index (χ1n) is 7.55. The predicted molar refractivity (Wildman–Crippen MR) is 66.1 cm³/mol. The van der Waals surface area contributed by atoms with Crippen molar-refractivity contribution in [1.29, 1.82) is 0 Å². The number of nitrogens with one attached hydrogen (secondary N) is 1. The molecule has 0 spiro atoms. The van der Waals surface area contributed by atoms with E-state index in [1.165, 1.54) is 25.7 Å². The first-order valence-corrected chi connectivity index (χ1v) is 7.55. The number of hydrogen-bond donors (Lipinski definition) is 1. The van der Waals surface area contributed by atoms with Crippen molar-refractivity contribution in [2.45, 2.75) is 51.0 Å². The molecule has 16 heavy (non-hydrogen) atoms. The number of rotatable bonds is 5. The Morgan fingerprint density at radius 1 is 1.06 bits per heavy atom. The molecule has 0 heterocycles. The third-order valence-corrected chi connectivity index (χ3v) is 6.21. The monoisotopic (exact) mass is 219 g/mol. The lowest BCUT2D eigenvalue weighted by Gasteiger charge is -2.19. The van der Waals surface area contributed by atoms with Gasteiger partial charge in [0, 0.05) is 6.04 Å². The molecule has 1 nitrogen and oxygen atoms in total. The van der Waals surface area contributed by atoms with Crippen LogP contribution in [0.3, 0.4) is 0 Å². The van der Waals surface area contributed by atoms with Crippen LogP contribution in [-0.4, -0.2) is 13.1 Å². The highest BCUT2D eigenvalue weighted by Gasteiger charge is 2.66. The molecule has 4 rings (SSSR count). The van der Waals surface area contributed by atoms with Crippen molar-refractivity contribution in [1.82, 2.24) is 5.32 Å². The third-order valence-electron chi connectivity index (χ3n) is 6.21. The van der Waals surface area contributed by atoms with Crippen LogP contribution in [0.5, 0.6) is 0 Å². The second-order valence-electron chi connectivity index (χ2n) is 6.98. The summed E-state index contributed by atoms with van der Waals surface area (Å²) in [5.74, 6) is 6.83. The van der Waals surface area contributed by atoms with Gasteiger partial charge in [0.15, 0.2) is 0 Å². The van der Waals surface area contributed by atoms with E-state index in [2.05, 4.69) is 12.4 Å². The minimum absolute atomic E-state index is 0.874. The van der Waals surface area contributed by atoms with E-state index >= 15 is 0 Å². The van der Waals surface area contributed by atoms with E-state index in [4.69, 9.17) is 0 Å². The molecule has 1 N–H and O–H groups in total. The van der Waals surface area contributed by atoms with Crippen molar-refractivity contribution in [2.75, 3.05) is 7.05 Å². The lowest BCUT2D eigenvalue weighted by Crippen LogP contribution is -2.30. The average Bonchev–Trinajstić information content (AvgIpc) is 3.20. The summed E-state index contributed by atoms with van der Waals surface area (Å²) in [4.78, 5) is 0. The molecular weight excluding hydrogens is 194 g/mol. The van der Waals surface area contributed by atoms with E-state index < -0.39 is 0 Å². The maximum Gasteiger partial charge on any atom is 0.00981 e. The largest absolute Gasteiger partial charge is 0.317 e. The van der Waals surface area contributed by atoms with Gasteiger partial charge in [0.1, 0.15) is 0 Å². The summed E-state index contributed by atoms with van der Waals surface area (Å²) < 4.78 is 0. The van der Waals surface area contributed by atoms with E-state index in [0.717, 1.165) is 41.5 Å². The zero-order valence-electron chi connectivity index (χ0n) is 10.5. The molecule has 4 saturated carbocycles. The van der Waals surface area contributed by atoms with E-state index in [9.17, 15) is 0 Å². The molecule has 0 radical (unpaired) electrons. The fourth-order valence-electron chi connectivity index (χ4n) is 5.28. The van der Waals surface area contributed by atoms with Crippen molar-refractivity contribution >= 4 is 0 Å². The highest BCUT2D eigenvalue weighted by molar-refractivity contribution is 5.15. The van der Waals surface area contributed by atoms with Crippen LogP contribution in [0.15, 0.2) is 0 Å². The van der Waals surface area contributed by atoms with Gasteiger partial charge in [-0.25, -0.2) is 0 Å². The summed E-state index contributed by atoms with van der Waals surface area (Å²) in [6.45, 7) is 0. The lowest BCUT2D eigenvalue weighted by atomic mass is 9.94. The van der Waals surface area contributed by atoms with Crippen LogP contribution in [0, 0.1) is 35.5 Å². The van der Waals surface area contributed by atoms with Gasteiger partial charge < -0.3 is 5.32 Å². The molecule has 90 valence electrons. The quantitative estimate of drug-likeness (QED) is 0.749. The molecule has 0 saturated heterocycles. The zero-order valence-corrected chi connectivity index (χ0v) is 10.5. The summed E-state index contributed by atoms with van der Waals surface area (Å²) >= 11 is 0. The minimum Gasteiger partial charge on any atom is -0.317 e. The Morgan fingerprint density at radius 2 is 1.75 bits per heavy atom. The molecule has 0 aromatic carbocycles. The van der Waals surface area contributed by atoms with E-state index in [0.29, 0.717) is 0 Å². The van der Waals surface area contributed by atoms with Gasteiger partial charge >= 0.3 is 0 Å². The molecule has 0 aromatic rings. The maximum atomic E-state index is 3.64. The van der Waals surface area contributed by atoms with Gasteiger partial charge in [-0.15, -0.1) is 0 Å². The topological polar surface area (TPSA) is 12.0 Å². The smallest absolute Gasteiger partial charge is 0.00981 e. The molecular formula is C15H25N. The fourth-order valence-corrected chi connectivity index (χ4v) is 5.28. The van der Waals surface area contributed by atoms with Crippen LogP contribution in [0.4, 0.5) is 0 Å². The van der Waals surface area contributed by atoms with Gasteiger partial charge in [0.2, 0.25) is 0 Å². The maximum absolute atomic E-state index is 3.64. The second-order valence-corrected chi connectivity index (χ2v) is 6.98. The number of hydrogen-bond acceptors (Lipinski definition) is 1. The Bertz CT molecular complexity index is 267. The third kappa shape index (κ3) is 1.40. The minimum atomic E-state index is 0.874. The van der Waals surface area contributed by atoms with Crippen molar-refractivity contribution in [3.05, 3.63) is 0 Å². The fraction of sp³-hybridized carbons (Fsp3) is 1.00. The Balaban J connectivity index is 1.38. The van der Waals surface area contributed by atoms with Crippen LogP contribution < -0.4 is 5.32 Å². The first kappa shape index (κ1) is 9.94. The Hall–Kier alpha value is -0.0400. The first-order chi connectivity index (χ1) is 7.88. The lowest BCUT2D eigenvalue weighted by molar-refractivity contribution is 0.354. The van der Waals surface area contributed by atoms with Gasteiger partial charge in [0.25, 0.3) is 0 Å². The van der Waals surface area contributed by atoms with Crippen LogP contribution in [0.25, 0.3) is 0 Å². The highest BCUT2D eigenvalue weighted by Crippen LogP contribution is 2.70. The number of fused-ring (bicyclic) bond motifs is 5. The Labute approximate surface area is 99.4 Å². The molecule has 5 unspecified atom stereocenters. The summed E-state index contributed by atoms with van der Waals surface area (Å²) in [7, 11) is 2.20. The summed E-state index contributed by atoms with van der Waals surface area (Å²) in [5, 5.41) is 3.64. The highest BCUT2D eigenvalue weighted by atomic mass is 14.9. The van der Waals surface area contributed by atoms with Gasteiger partial charge in [-0.2, -0.15) is 0 Å². The van der Waals surface area contributed by atoms with E-state index in [-0.39, 0.29) is 0 Å². The molecule has 0 aromatic heterocycles. The molecule has 4 aliphatic carbocycles. The normalized spacial score (nSPS) is 50.4. The van der Waals surface area contributed by atoms with Gasteiger partial charge in [-0.1, -0.05) is 12.8 Å². The van der Waals surface area contributed by atoms with Crippen molar-refractivity contribution < 1.29 is 0 Å². The summed E-state index contributed by atoms with van der Waals surface area (Å²) in [6.07, 6.45) is 10.8. The summed E-state index contributed by atoms with van der Waals surface area (Å²) in [5.41, 5.74) is 0. The second kappa shape index (κ2) is 3.48. The van der Waals surface area contributed by atoms with Crippen molar-refractivity contribution in [3.63, 3.8) is 0 Å². The van der Waals surface area contributed by atoms with Gasteiger partial charge in [-0.05, 0) is 74.7 Å². The average molecular weight is 219 g/mol. The van der Waals surface area contributed by atoms with E-state index in [1.807, 2.05) is 0 Å². The van der Waals surface area contributed by atoms with Crippen molar-refractivity contribution in [2.24, 2.45) is 35.5 Å². The molecule has 1 heteroatoms.